The molecule has 32 heavy (non-hydrogen) atoms. The number of nitrogens with zero attached hydrogens (tertiary/aromatic N) is 2. The maximum absolute atomic E-state index is 14.2. The molecule has 0 bridgehead atoms. The van der Waals surface area contributed by atoms with Crippen molar-refractivity contribution in [1.82, 2.24) is 0 Å². The molecule has 0 aliphatic heterocycles. The van der Waals surface area contributed by atoms with Gasteiger partial charge in [0.25, 0.3) is 0 Å². The number of allylic oxidation sites excluding steroid dienone is 2. The fraction of sp³-hybridized carbons (Fsp3) is 0.320. The van der Waals surface area contributed by atoms with Crippen LogP contribution >= 0.6 is 0 Å². The van der Waals surface area contributed by atoms with Gasteiger partial charge in [-0.05, 0) is 42.7 Å². The molecule has 7 heteroatoms. The van der Waals surface area contributed by atoms with Gasteiger partial charge in [0, 0.05) is 11.5 Å². The maximum atomic E-state index is 14.2. The molecule has 3 rings (SSSR count). The van der Waals surface area contributed by atoms with Gasteiger partial charge in [-0.2, -0.15) is 10.5 Å². The van der Waals surface area contributed by atoms with Crippen molar-refractivity contribution in [1.29, 1.82) is 10.5 Å². The van der Waals surface area contributed by atoms with Crippen LogP contribution in [0.3, 0.4) is 0 Å². The van der Waals surface area contributed by atoms with E-state index in [1.807, 2.05) is 26.0 Å². The van der Waals surface area contributed by atoms with Gasteiger partial charge < -0.3 is 14.2 Å². The number of esters is 1. The van der Waals surface area contributed by atoms with E-state index in [0.29, 0.717) is 17.9 Å². The second-order valence-corrected chi connectivity index (χ2v) is 7.95. The zero-order valence-corrected chi connectivity index (χ0v) is 18.0. The first kappa shape index (κ1) is 22.8. The van der Waals surface area contributed by atoms with Crippen LogP contribution in [-0.2, 0) is 14.3 Å². The van der Waals surface area contributed by atoms with Crippen LogP contribution in [0.1, 0.15) is 32.4 Å². The molecule has 0 spiro atoms. The van der Waals surface area contributed by atoms with Crippen LogP contribution in [0.15, 0.2) is 60.4 Å². The monoisotopic (exact) mass is 434 g/mol. The van der Waals surface area contributed by atoms with Gasteiger partial charge in [-0.15, -0.1) is 0 Å². The normalized spacial score (nSPS) is 19.8. The number of carbonyl (C=O) groups excluding carboxylic acids is 1. The first-order valence-corrected chi connectivity index (χ1v) is 10.2. The number of halogens is 1. The predicted molar refractivity (Wildman–Crippen MR) is 113 cm³/mol. The van der Waals surface area contributed by atoms with Crippen molar-refractivity contribution in [3.63, 3.8) is 0 Å². The molecule has 0 radical (unpaired) electrons. The van der Waals surface area contributed by atoms with Crippen molar-refractivity contribution in [3.05, 3.63) is 71.7 Å². The molecule has 0 aromatic heterocycles. The Morgan fingerprint density at radius 3 is 2.56 bits per heavy atom. The summed E-state index contributed by atoms with van der Waals surface area (Å²) >= 11 is 0. The fourth-order valence-electron chi connectivity index (χ4n) is 3.61. The third-order valence-corrected chi connectivity index (χ3v) is 5.49. The largest absolute Gasteiger partial charge is 0.484 e. The third-order valence-electron chi connectivity index (χ3n) is 5.49. The van der Waals surface area contributed by atoms with E-state index in [-0.39, 0.29) is 17.4 Å². The van der Waals surface area contributed by atoms with Gasteiger partial charge in [0.15, 0.2) is 17.3 Å². The van der Waals surface area contributed by atoms with Crippen molar-refractivity contribution in [2.75, 3.05) is 6.61 Å². The van der Waals surface area contributed by atoms with Crippen molar-refractivity contribution in [3.8, 4) is 23.6 Å². The Kier molecular flexibility index (Phi) is 6.80. The van der Waals surface area contributed by atoms with Crippen LogP contribution in [-0.4, -0.2) is 12.6 Å². The first-order chi connectivity index (χ1) is 15.3. The molecule has 0 unspecified atom stereocenters. The van der Waals surface area contributed by atoms with Gasteiger partial charge in [0.1, 0.15) is 17.9 Å². The number of ether oxygens (including phenoxy) is 3. The summed E-state index contributed by atoms with van der Waals surface area (Å²) in [5.74, 6) is -1.43. The number of rotatable bonds is 8. The molecule has 1 fully saturated rings. The molecule has 1 aliphatic carbocycles. The van der Waals surface area contributed by atoms with Gasteiger partial charge in [0.2, 0.25) is 6.10 Å². The van der Waals surface area contributed by atoms with Crippen molar-refractivity contribution in [2.24, 2.45) is 17.3 Å². The number of para-hydroxylation sites is 1. The molecule has 0 N–H and O–H groups in total. The summed E-state index contributed by atoms with van der Waals surface area (Å²) in [6.45, 7) is 5.87. The van der Waals surface area contributed by atoms with Crippen molar-refractivity contribution in [2.45, 2.75) is 26.9 Å². The summed E-state index contributed by atoms with van der Waals surface area (Å²) in [7, 11) is 0. The molecule has 0 amide bonds. The molecule has 6 nitrogen and oxygen atoms in total. The SMILES string of the molecule is CCOC(C#N)=C[C@H]1[C@@H](C(=O)O[C@H](C#N)c2ccc(F)c(Oc3ccccc3)c2)C1(C)C. The highest BCUT2D eigenvalue weighted by Crippen LogP contribution is 2.60. The quantitative estimate of drug-likeness (QED) is 0.312. The van der Waals surface area contributed by atoms with Gasteiger partial charge in [-0.3, -0.25) is 4.79 Å². The highest BCUT2D eigenvalue weighted by Gasteiger charge is 2.62. The smallest absolute Gasteiger partial charge is 0.311 e. The van der Waals surface area contributed by atoms with Crippen LogP contribution in [0.5, 0.6) is 11.5 Å². The van der Waals surface area contributed by atoms with Crippen molar-refractivity contribution < 1.29 is 23.4 Å². The average molecular weight is 434 g/mol. The minimum Gasteiger partial charge on any atom is -0.484 e. The highest BCUT2D eigenvalue weighted by molar-refractivity contribution is 5.78. The van der Waals surface area contributed by atoms with E-state index in [0.717, 1.165) is 0 Å². The summed E-state index contributed by atoms with van der Waals surface area (Å²) in [5.41, 5.74) is -0.147. The van der Waals surface area contributed by atoms with Gasteiger partial charge in [-0.25, -0.2) is 4.39 Å². The van der Waals surface area contributed by atoms with Crippen LogP contribution in [0.4, 0.5) is 4.39 Å². The fourth-order valence-corrected chi connectivity index (χ4v) is 3.61. The summed E-state index contributed by atoms with van der Waals surface area (Å²) in [5, 5.41) is 18.8. The lowest BCUT2D eigenvalue weighted by Crippen LogP contribution is -2.14. The number of nitriles is 2. The molecule has 1 aliphatic rings. The van der Waals surface area contributed by atoms with E-state index in [9.17, 15) is 19.7 Å². The summed E-state index contributed by atoms with van der Waals surface area (Å²) in [6, 6.07) is 16.5. The second kappa shape index (κ2) is 9.53. The zero-order valence-electron chi connectivity index (χ0n) is 18.0. The number of benzene rings is 2. The van der Waals surface area contributed by atoms with E-state index < -0.39 is 29.2 Å². The molecule has 164 valence electrons. The van der Waals surface area contributed by atoms with Crippen LogP contribution in [0, 0.1) is 45.7 Å². The van der Waals surface area contributed by atoms with E-state index in [2.05, 4.69) is 0 Å². The lowest BCUT2D eigenvalue weighted by molar-refractivity contribution is -0.149. The predicted octanol–water partition coefficient (Wildman–Crippen LogP) is 5.44. The first-order valence-electron chi connectivity index (χ1n) is 10.2. The minimum atomic E-state index is -1.23. The van der Waals surface area contributed by atoms with Crippen LogP contribution < -0.4 is 4.74 Å². The number of hydrogen-bond donors (Lipinski definition) is 0. The lowest BCUT2D eigenvalue weighted by atomic mass is 10.1. The van der Waals surface area contributed by atoms with Crippen LogP contribution in [0.25, 0.3) is 0 Å². The third kappa shape index (κ3) is 4.90. The van der Waals surface area contributed by atoms with E-state index in [4.69, 9.17) is 14.2 Å². The molecule has 2 aromatic carbocycles. The lowest BCUT2D eigenvalue weighted by Gasteiger charge is -2.14. The Bertz CT molecular complexity index is 1100. The average Bonchev–Trinajstić information content (AvgIpc) is 3.33. The van der Waals surface area contributed by atoms with Gasteiger partial charge in [-0.1, -0.05) is 38.1 Å². The molecule has 3 atom stereocenters. The highest BCUT2D eigenvalue weighted by atomic mass is 19.1. The molecule has 1 saturated carbocycles. The van der Waals surface area contributed by atoms with E-state index in [1.165, 1.54) is 18.2 Å². The Hall–Kier alpha value is -3.84. The van der Waals surface area contributed by atoms with Crippen molar-refractivity contribution >= 4 is 5.97 Å². The molecule has 2 aromatic rings. The van der Waals surface area contributed by atoms with Gasteiger partial charge in [0.05, 0.1) is 12.5 Å². The maximum Gasteiger partial charge on any atom is 0.311 e. The molecular formula is C25H23FN2O4. The van der Waals surface area contributed by atoms with E-state index >= 15 is 0 Å². The Labute approximate surface area is 186 Å². The van der Waals surface area contributed by atoms with Crippen LogP contribution in [0.2, 0.25) is 0 Å². The Morgan fingerprint density at radius 1 is 1.22 bits per heavy atom. The Balaban J connectivity index is 1.76. The molecular weight excluding hydrogens is 411 g/mol. The summed E-state index contributed by atoms with van der Waals surface area (Å²) < 4.78 is 30.5. The molecule has 0 heterocycles. The summed E-state index contributed by atoms with van der Waals surface area (Å²) in [4.78, 5) is 12.8. The van der Waals surface area contributed by atoms with Gasteiger partial charge >= 0.3 is 5.97 Å². The minimum absolute atomic E-state index is 0.0760. The topological polar surface area (TPSA) is 92.3 Å². The summed E-state index contributed by atoms with van der Waals surface area (Å²) in [6.07, 6.45) is 0.394. The Morgan fingerprint density at radius 2 is 1.94 bits per heavy atom. The van der Waals surface area contributed by atoms with E-state index in [1.54, 1.807) is 43.3 Å². The number of carbonyl (C=O) groups is 1. The zero-order chi connectivity index (χ0) is 23.3. The second-order valence-electron chi connectivity index (χ2n) is 7.95. The number of hydrogen-bond acceptors (Lipinski definition) is 6. The standard InChI is InChI=1S/C25H23FN2O4/c1-4-30-18(14-27)13-19-23(25(19,2)3)24(29)32-22(15-28)16-10-11-20(26)21(12-16)31-17-8-6-5-7-9-17/h5-13,19,22-23H,4H2,1-3H3/t19-,22+,23-/m0/s1. The molecule has 0 saturated heterocycles.